The number of ether oxygens (including phenoxy) is 3. The fourth-order valence-electron chi connectivity index (χ4n) is 3.82. The highest BCUT2D eigenvalue weighted by molar-refractivity contribution is 7.13. The second-order valence-electron chi connectivity index (χ2n) is 8.00. The Morgan fingerprint density at radius 2 is 1.85 bits per heavy atom. The minimum atomic E-state index is -0.522. The van der Waals surface area contributed by atoms with Gasteiger partial charge in [0.1, 0.15) is 18.4 Å². The first kappa shape index (κ1) is 29.1. The molecule has 0 aliphatic heterocycles. The SMILES string of the molecule is C=C/C=C(\C=C/C)c1nc(-c2cc(OC)c(OC(=O)c3ccc[n+](C)c3)c(OC)c2)[nH]c1-c1cccs1.CC. The zero-order valence-electron chi connectivity index (χ0n) is 23.1. The highest BCUT2D eigenvalue weighted by Crippen LogP contribution is 2.42. The summed E-state index contributed by atoms with van der Waals surface area (Å²) in [5, 5.41) is 2.02. The molecule has 0 atom stereocenters. The molecule has 0 aliphatic carbocycles. The van der Waals surface area contributed by atoms with Crippen molar-refractivity contribution in [2.24, 2.45) is 7.05 Å². The van der Waals surface area contributed by atoms with Gasteiger partial charge in [0.15, 0.2) is 23.9 Å². The number of allylic oxidation sites excluding steroid dienone is 5. The highest BCUT2D eigenvalue weighted by Gasteiger charge is 2.23. The van der Waals surface area contributed by atoms with Crippen LogP contribution in [-0.2, 0) is 7.05 Å². The van der Waals surface area contributed by atoms with Crippen LogP contribution in [-0.4, -0.2) is 30.2 Å². The largest absolute Gasteiger partial charge is 0.493 e. The number of rotatable bonds is 9. The van der Waals surface area contributed by atoms with E-state index in [1.165, 1.54) is 14.2 Å². The molecule has 0 spiro atoms. The lowest BCUT2D eigenvalue weighted by Gasteiger charge is -2.14. The molecule has 3 heterocycles. The number of carbonyl (C=O) groups is 1. The first-order chi connectivity index (χ1) is 19.0. The molecular weight excluding hydrogens is 510 g/mol. The summed E-state index contributed by atoms with van der Waals surface area (Å²) in [6, 6.07) is 11.0. The number of nitrogens with zero attached hydrogens (tertiary/aromatic N) is 2. The first-order valence-electron chi connectivity index (χ1n) is 12.5. The molecule has 0 saturated carbocycles. The summed E-state index contributed by atoms with van der Waals surface area (Å²) in [5.74, 6) is 0.966. The van der Waals surface area contributed by atoms with E-state index < -0.39 is 5.97 Å². The lowest BCUT2D eigenvalue weighted by atomic mass is 10.1. The summed E-state index contributed by atoms with van der Waals surface area (Å²) < 4.78 is 18.7. The van der Waals surface area contributed by atoms with Crippen molar-refractivity contribution in [3.8, 4) is 39.2 Å². The van der Waals surface area contributed by atoms with Crippen LogP contribution in [0.2, 0.25) is 0 Å². The lowest BCUT2D eigenvalue weighted by molar-refractivity contribution is -0.671. The highest BCUT2D eigenvalue weighted by atomic mass is 32.1. The van der Waals surface area contributed by atoms with Crippen LogP contribution in [0.3, 0.4) is 0 Å². The minimum absolute atomic E-state index is 0.191. The number of H-pyrrole nitrogens is 1. The van der Waals surface area contributed by atoms with Gasteiger partial charge >= 0.3 is 5.97 Å². The van der Waals surface area contributed by atoms with Gasteiger partial charge in [0.25, 0.3) is 0 Å². The molecule has 0 aliphatic rings. The van der Waals surface area contributed by atoms with Gasteiger partial charge in [-0.25, -0.2) is 14.3 Å². The molecule has 0 radical (unpaired) electrons. The quantitative estimate of drug-likeness (QED) is 0.106. The van der Waals surface area contributed by atoms with E-state index in [4.69, 9.17) is 19.2 Å². The van der Waals surface area contributed by atoms with Crippen molar-refractivity contribution in [2.75, 3.05) is 14.2 Å². The van der Waals surface area contributed by atoms with Crippen molar-refractivity contribution >= 4 is 22.9 Å². The van der Waals surface area contributed by atoms with E-state index >= 15 is 0 Å². The molecule has 7 nitrogen and oxygen atoms in total. The minimum Gasteiger partial charge on any atom is -0.493 e. The van der Waals surface area contributed by atoms with Gasteiger partial charge < -0.3 is 19.2 Å². The maximum Gasteiger partial charge on any atom is 0.349 e. The molecule has 0 unspecified atom stereocenters. The Balaban J connectivity index is 0.00000205. The molecule has 0 fully saturated rings. The van der Waals surface area contributed by atoms with Gasteiger partial charge in [0, 0.05) is 17.2 Å². The predicted octanol–water partition coefficient (Wildman–Crippen LogP) is 7.04. The van der Waals surface area contributed by atoms with Gasteiger partial charge in [-0.2, -0.15) is 0 Å². The molecule has 1 N–H and O–H groups in total. The Labute approximate surface area is 233 Å². The van der Waals surface area contributed by atoms with Gasteiger partial charge in [-0.15, -0.1) is 11.3 Å². The van der Waals surface area contributed by atoms with Crippen LogP contribution in [0.4, 0.5) is 0 Å². The Kier molecular flexibility index (Phi) is 10.4. The van der Waals surface area contributed by atoms with Crippen LogP contribution in [0, 0.1) is 0 Å². The van der Waals surface area contributed by atoms with Crippen molar-refractivity contribution in [3.63, 3.8) is 0 Å². The number of aromatic amines is 1. The fraction of sp³-hybridized carbons (Fsp3) is 0.194. The maximum absolute atomic E-state index is 12.9. The molecule has 4 rings (SSSR count). The number of aromatic nitrogens is 3. The van der Waals surface area contributed by atoms with Crippen LogP contribution >= 0.6 is 11.3 Å². The van der Waals surface area contributed by atoms with Crippen LogP contribution in [0.25, 0.3) is 27.5 Å². The van der Waals surface area contributed by atoms with Crippen molar-refractivity contribution < 1.29 is 23.6 Å². The van der Waals surface area contributed by atoms with Crippen molar-refractivity contribution in [1.82, 2.24) is 9.97 Å². The summed E-state index contributed by atoms with van der Waals surface area (Å²) in [7, 11) is 4.86. The van der Waals surface area contributed by atoms with Crippen molar-refractivity contribution in [2.45, 2.75) is 20.8 Å². The van der Waals surface area contributed by atoms with E-state index in [1.807, 2.05) is 69.8 Å². The molecule has 1 aromatic carbocycles. The molecule has 202 valence electrons. The van der Waals surface area contributed by atoms with Crippen LogP contribution in [0.5, 0.6) is 17.2 Å². The van der Waals surface area contributed by atoms with Gasteiger partial charge in [0.2, 0.25) is 5.75 Å². The Morgan fingerprint density at radius 3 is 2.41 bits per heavy atom. The number of carbonyl (C=O) groups excluding carboxylic acids is 1. The number of aryl methyl sites for hydroxylation is 1. The van der Waals surface area contributed by atoms with E-state index in [-0.39, 0.29) is 5.75 Å². The third-order valence-corrected chi connectivity index (χ3v) is 6.38. The van der Waals surface area contributed by atoms with Gasteiger partial charge in [-0.05, 0) is 36.6 Å². The average Bonchev–Trinajstić information content (AvgIpc) is 3.64. The molecule has 0 saturated heterocycles. The second-order valence-corrected chi connectivity index (χ2v) is 8.95. The van der Waals surface area contributed by atoms with Crippen molar-refractivity contribution in [3.05, 3.63) is 96.3 Å². The number of imidazole rings is 1. The zero-order valence-corrected chi connectivity index (χ0v) is 24.0. The van der Waals surface area contributed by atoms with Gasteiger partial charge in [0.05, 0.1) is 30.5 Å². The summed E-state index contributed by atoms with van der Waals surface area (Å²) in [6.07, 6.45) is 11.1. The summed E-state index contributed by atoms with van der Waals surface area (Å²) in [5.41, 5.74) is 3.72. The summed E-state index contributed by atoms with van der Waals surface area (Å²) in [4.78, 5) is 22.3. The Bertz CT molecular complexity index is 1460. The average molecular weight is 545 g/mol. The van der Waals surface area contributed by atoms with Crippen molar-refractivity contribution in [1.29, 1.82) is 0 Å². The number of esters is 1. The van der Waals surface area contributed by atoms with E-state index in [1.54, 1.807) is 52.4 Å². The van der Waals surface area contributed by atoms with Crippen LogP contribution in [0.1, 0.15) is 36.8 Å². The van der Waals surface area contributed by atoms with E-state index in [2.05, 4.69) is 11.6 Å². The van der Waals surface area contributed by atoms with E-state index in [0.29, 0.717) is 28.5 Å². The number of hydrogen-bond acceptors (Lipinski definition) is 6. The van der Waals surface area contributed by atoms with Crippen LogP contribution in [0.15, 0.2) is 85.1 Å². The molecule has 0 amide bonds. The molecular formula is C31H34N3O4S+. The lowest BCUT2D eigenvalue weighted by Crippen LogP contribution is -2.28. The first-order valence-corrected chi connectivity index (χ1v) is 13.4. The Morgan fingerprint density at radius 1 is 1.13 bits per heavy atom. The standard InChI is InChI=1S/C29H28N3O4S.C2H6/c1-6-10-19(11-7-2)25-26(24-13-9-15-37-24)31-28(30-25)21-16-22(34-4)27(23(17-21)35-5)36-29(33)20-12-8-14-32(3)18-20;1-2/h6-18H,1H2,2-5H3,(H,30,31);1-2H3/q+1;/b11-7-,19-10+;. The zero-order chi connectivity index (χ0) is 28.4. The molecule has 0 bridgehead atoms. The Hall–Kier alpha value is -4.43. The van der Waals surface area contributed by atoms with Crippen LogP contribution < -0.4 is 18.8 Å². The fourth-order valence-corrected chi connectivity index (χ4v) is 4.54. The maximum atomic E-state index is 12.9. The summed E-state index contributed by atoms with van der Waals surface area (Å²) in [6.45, 7) is 9.81. The van der Waals surface area contributed by atoms with Gasteiger partial charge in [-0.1, -0.05) is 50.8 Å². The number of thiophene rings is 1. The smallest absolute Gasteiger partial charge is 0.349 e. The van der Waals surface area contributed by atoms with E-state index in [9.17, 15) is 4.79 Å². The molecule has 8 heteroatoms. The molecule has 4 aromatic rings. The molecule has 39 heavy (non-hydrogen) atoms. The number of nitrogens with one attached hydrogen (secondary N) is 1. The topological polar surface area (TPSA) is 77.3 Å². The number of benzene rings is 1. The normalized spacial score (nSPS) is 11.1. The number of methoxy groups -OCH3 is 2. The van der Waals surface area contributed by atoms with Gasteiger partial charge in [-0.3, -0.25) is 0 Å². The summed E-state index contributed by atoms with van der Waals surface area (Å²) >= 11 is 1.62. The van der Waals surface area contributed by atoms with E-state index in [0.717, 1.165) is 21.8 Å². The third kappa shape index (κ3) is 6.72. The number of hydrogen-bond donors (Lipinski definition) is 1. The number of pyridine rings is 1. The second kappa shape index (κ2) is 13.9. The third-order valence-electron chi connectivity index (χ3n) is 5.49. The predicted molar refractivity (Wildman–Crippen MR) is 157 cm³/mol. The monoisotopic (exact) mass is 544 g/mol. The molecule has 3 aromatic heterocycles.